The van der Waals surface area contributed by atoms with Crippen molar-refractivity contribution in [1.29, 1.82) is 0 Å². The summed E-state index contributed by atoms with van der Waals surface area (Å²) < 4.78 is 13.5. The van der Waals surface area contributed by atoms with Crippen LogP contribution < -0.4 is 16.4 Å². The number of hydrogen-bond donors (Lipinski definition) is 4. The maximum absolute atomic E-state index is 13.5. The van der Waals surface area contributed by atoms with Crippen LogP contribution in [-0.4, -0.2) is 29.1 Å². The number of anilines is 1. The summed E-state index contributed by atoms with van der Waals surface area (Å²) in [4.78, 5) is 33.7. The van der Waals surface area contributed by atoms with E-state index >= 15 is 0 Å². The van der Waals surface area contributed by atoms with Gasteiger partial charge in [-0.3, -0.25) is 4.79 Å². The van der Waals surface area contributed by atoms with Gasteiger partial charge in [0, 0.05) is 0 Å². The minimum Gasteiger partial charge on any atom is -0.478 e. The monoisotopic (exact) mass is 297 g/mol. The van der Waals surface area contributed by atoms with Gasteiger partial charge in [-0.15, -0.1) is 0 Å². The first-order valence-corrected chi connectivity index (χ1v) is 6.12. The highest BCUT2D eigenvalue weighted by Crippen LogP contribution is 2.16. The van der Waals surface area contributed by atoms with Crippen LogP contribution >= 0.6 is 0 Å². The van der Waals surface area contributed by atoms with Gasteiger partial charge in [-0.25, -0.2) is 14.0 Å². The van der Waals surface area contributed by atoms with E-state index in [1.807, 2.05) is 0 Å². The van der Waals surface area contributed by atoms with Crippen LogP contribution in [0.25, 0.3) is 0 Å². The molecule has 114 valence electrons. The van der Waals surface area contributed by atoms with Crippen LogP contribution in [0.2, 0.25) is 0 Å². The second-order valence-electron chi connectivity index (χ2n) is 4.72. The topological polar surface area (TPSA) is 122 Å². The lowest BCUT2D eigenvalue weighted by Gasteiger charge is -2.19. The van der Waals surface area contributed by atoms with Gasteiger partial charge in [0.05, 0.1) is 11.3 Å². The molecule has 0 saturated heterocycles. The largest absolute Gasteiger partial charge is 0.478 e. The number of nitrogens with two attached hydrogens (primary N) is 1. The molecular weight excluding hydrogens is 281 g/mol. The van der Waals surface area contributed by atoms with Crippen molar-refractivity contribution in [1.82, 2.24) is 5.32 Å². The van der Waals surface area contributed by atoms with E-state index < -0.39 is 29.8 Å². The third kappa shape index (κ3) is 4.44. The molecule has 1 atom stereocenters. The molecular formula is C13H16FN3O4. The molecule has 7 nitrogen and oxygen atoms in total. The second-order valence-corrected chi connectivity index (χ2v) is 4.72. The minimum atomic E-state index is -1.25. The number of carbonyl (C=O) groups is 3. The fourth-order valence-electron chi connectivity index (χ4n) is 1.62. The zero-order valence-electron chi connectivity index (χ0n) is 11.5. The molecule has 0 radical (unpaired) electrons. The van der Waals surface area contributed by atoms with Crippen molar-refractivity contribution in [2.45, 2.75) is 19.9 Å². The standard InChI is InChI=1S/C13H16FN3O4/c1-6(2)10(11(15)18)17-13(21)16-9-5-7(12(19)20)3-4-8(9)14/h3-6,10H,1-2H3,(H2,15,18)(H,19,20)(H2,16,17,21). The normalized spacial score (nSPS) is 11.8. The quantitative estimate of drug-likeness (QED) is 0.651. The van der Waals surface area contributed by atoms with E-state index in [4.69, 9.17) is 10.8 Å². The number of nitrogens with one attached hydrogen (secondary N) is 2. The number of carboxylic acids is 1. The molecule has 1 rings (SSSR count). The Morgan fingerprint density at radius 3 is 2.38 bits per heavy atom. The van der Waals surface area contributed by atoms with E-state index in [2.05, 4.69) is 10.6 Å². The Kier molecular flexibility index (Phi) is 5.23. The SMILES string of the molecule is CC(C)C(NC(=O)Nc1cc(C(=O)O)ccc1F)C(N)=O. The molecule has 0 bridgehead atoms. The Morgan fingerprint density at radius 2 is 1.90 bits per heavy atom. The van der Waals surface area contributed by atoms with Crippen molar-refractivity contribution in [3.63, 3.8) is 0 Å². The van der Waals surface area contributed by atoms with Crippen LogP contribution in [0, 0.1) is 11.7 Å². The Morgan fingerprint density at radius 1 is 1.29 bits per heavy atom. The van der Waals surface area contributed by atoms with Crippen LogP contribution in [0.15, 0.2) is 18.2 Å². The van der Waals surface area contributed by atoms with Gasteiger partial charge in [-0.05, 0) is 24.1 Å². The van der Waals surface area contributed by atoms with E-state index in [0.717, 1.165) is 18.2 Å². The van der Waals surface area contributed by atoms with Gasteiger partial charge in [0.15, 0.2) is 0 Å². The van der Waals surface area contributed by atoms with Crippen molar-refractivity contribution < 1.29 is 23.9 Å². The number of benzene rings is 1. The van der Waals surface area contributed by atoms with Crippen molar-refractivity contribution in [2.24, 2.45) is 11.7 Å². The summed E-state index contributed by atoms with van der Waals surface area (Å²) in [6, 6.07) is 1.20. The fraction of sp³-hybridized carbons (Fsp3) is 0.308. The smallest absolute Gasteiger partial charge is 0.335 e. The van der Waals surface area contributed by atoms with Gasteiger partial charge >= 0.3 is 12.0 Å². The van der Waals surface area contributed by atoms with Gasteiger partial charge in [-0.2, -0.15) is 0 Å². The van der Waals surface area contributed by atoms with Gasteiger partial charge in [-0.1, -0.05) is 13.8 Å². The molecule has 0 saturated carbocycles. The maximum atomic E-state index is 13.5. The van der Waals surface area contributed by atoms with Crippen molar-refractivity contribution in [3.05, 3.63) is 29.6 Å². The number of aromatic carboxylic acids is 1. The summed E-state index contributed by atoms with van der Waals surface area (Å²) in [5.74, 6) is -3.02. The van der Waals surface area contributed by atoms with E-state index in [1.165, 1.54) is 0 Å². The molecule has 5 N–H and O–H groups in total. The number of urea groups is 1. The third-order valence-corrected chi connectivity index (χ3v) is 2.72. The number of carboxylic acid groups (broad SMARTS) is 1. The van der Waals surface area contributed by atoms with E-state index in [0.29, 0.717) is 0 Å². The number of hydrogen-bond acceptors (Lipinski definition) is 3. The summed E-state index contributed by atoms with van der Waals surface area (Å²) in [7, 11) is 0. The number of rotatable bonds is 5. The van der Waals surface area contributed by atoms with Gasteiger partial charge in [0.1, 0.15) is 11.9 Å². The average Bonchev–Trinajstić information content (AvgIpc) is 2.37. The molecule has 8 heteroatoms. The summed E-state index contributed by atoms with van der Waals surface area (Å²) >= 11 is 0. The van der Waals surface area contributed by atoms with Crippen LogP contribution in [0.1, 0.15) is 24.2 Å². The zero-order valence-corrected chi connectivity index (χ0v) is 11.5. The molecule has 3 amide bonds. The highest BCUT2D eigenvalue weighted by atomic mass is 19.1. The summed E-state index contributed by atoms with van der Waals surface area (Å²) in [6.45, 7) is 3.36. The Balaban J connectivity index is 2.85. The predicted octanol–water partition coefficient (Wildman–Crippen LogP) is 1.16. The highest BCUT2D eigenvalue weighted by molar-refractivity contribution is 5.95. The molecule has 0 heterocycles. The van der Waals surface area contributed by atoms with Crippen LogP contribution in [0.3, 0.4) is 0 Å². The number of amides is 3. The lowest BCUT2D eigenvalue weighted by Crippen LogP contribution is -2.49. The third-order valence-electron chi connectivity index (χ3n) is 2.72. The second kappa shape index (κ2) is 6.69. The average molecular weight is 297 g/mol. The molecule has 0 aliphatic carbocycles. The van der Waals surface area contributed by atoms with Gasteiger partial charge in [0.2, 0.25) is 5.91 Å². The summed E-state index contributed by atoms with van der Waals surface area (Å²) in [6.07, 6.45) is 0. The summed E-state index contributed by atoms with van der Waals surface area (Å²) in [5.41, 5.74) is 4.66. The van der Waals surface area contributed by atoms with Gasteiger partial charge in [0.25, 0.3) is 0 Å². The minimum absolute atomic E-state index is 0.179. The first-order chi connectivity index (χ1) is 9.72. The summed E-state index contributed by atoms with van der Waals surface area (Å²) in [5, 5.41) is 13.3. The molecule has 0 fully saturated rings. The lowest BCUT2D eigenvalue weighted by atomic mass is 10.0. The molecule has 0 spiro atoms. The number of primary amides is 1. The van der Waals surface area contributed by atoms with E-state index in [-0.39, 0.29) is 17.2 Å². The van der Waals surface area contributed by atoms with Crippen molar-refractivity contribution >= 4 is 23.6 Å². The Bertz CT molecular complexity index is 575. The highest BCUT2D eigenvalue weighted by Gasteiger charge is 2.22. The molecule has 1 aromatic rings. The van der Waals surface area contributed by atoms with Gasteiger partial charge < -0.3 is 21.5 Å². The van der Waals surface area contributed by atoms with Crippen molar-refractivity contribution in [3.8, 4) is 0 Å². The van der Waals surface area contributed by atoms with E-state index in [1.54, 1.807) is 13.8 Å². The molecule has 1 aromatic carbocycles. The van der Waals surface area contributed by atoms with E-state index in [9.17, 15) is 18.8 Å². The Hall–Kier alpha value is -2.64. The first-order valence-electron chi connectivity index (χ1n) is 6.12. The number of halogens is 1. The van der Waals surface area contributed by atoms with Crippen LogP contribution in [-0.2, 0) is 4.79 Å². The Labute approximate surface area is 120 Å². The van der Waals surface area contributed by atoms with Crippen molar-refractivity contribution in [2.75, 3.05) is 5.32 Å². The molecule has 0 aromatic heterocycles. The molecule has 0 aliphatic rings. The number of carbonyl (C=O) groups excluding carboxylic acids is 2. The fourth-order valence-corrected chi connectivity index (χ4v) is 1.62. The molecule has 21 heavy (non-hydrogen) atoms. The molecule has 1 unspecified atom stereocenters. The maximum Gasteiger partial charge on any atom is 0.335 e. The molecule has 0 aliphatic heterocycles. The lowest BCUT2D eigenvalue weighted by molar-refractivity contribution is -0.120. The zero-order chi connectivity index (χ0) is 16.2. The van der Waals surface area contributed by atoms with Crippen LogP contribution in [0.5, 0.6) is 0 Å². The first kappa shape index (κ1) is 16.4. The predicted molar refractivity (Wildman–Crippen MR) is 73.3 cm³/mol. The van der Waals surface area contributed by atoms with Crippen LogP contribution in [0.4, 0.5) is 14.9 Å².